The average Bonchev–Trinajstić information content (AvgIpc) is 3.62. The van der Waals surface area contributed by atoms with E-state index in [0.29, 0.717) is 27.6 Å². The molecule has 0 saturated heterocycles. The van der Waals surface area contributed by atoms with E-state index < -0.39 is 27.9 Å². The molecule has 0 amide bonds. The molecular formula is C24H17N5O6. The molecule has 5 aromatic heterocycles. The molecule has 5 aromatic rings. The highest BCUT2D eigenvalue weighted by atomic mass is 16.6. The molecular weight excluding hydrogens is 454 g/mol. The molecule has 0 spiro atoms. The molecule has 0 fully saturated rings. The van der Waals surface area contributed by atoms with Crippen molar-refractivity contribution in [2.24, 2.45) is 0 Å². The van der Waals surface area contributed by atoms with Gasteiger partial charge in [0.05, 0.1) is 38.5 Å². The molecule has 11 heteroatoms. The van der Waals surface area contributed by atoms with Crippen LogP contribution in [0.5, 0.6) is 23.0 Å². The van der Waals surface area contributed by atoms with Gasteiger partial charge in [0.1, 0.15) is 5.69 Å². The van der Waals surface area contributed by atoms with Gasteiger partial charge in [-0.15, -0.1) is 0 Å². The summed E-state index contributed by atoms with van der Waals surface area (Å²) in [6, 6.07) is 11.5. The minimum atomic E-state index is -0.995. The molecule has 1 aliphatic heterocycles. The van der Waals surface area contributed by atoms with Crippen LogP contribution in [0.1, 0.15) is 11.4 Å². The normalized spacial score (nSPS) is 12.0. The van der Waals surface area contributed by atoms with Crippen molar-refractivity contribution in [3.8, 4) is 45.5 Å². The summed E-state index contributed by atoms with van der Waals surface area (Å²) in [6.45, 7) is 0. The van der Waals surface area contributed by atoms with Gasteiger partial charge in [0.2, 0.25) is 11.5 Å². The van der Waals surface area contributed by atoms with E-state index in [4.69, 9.17) is 0 Å². The Morgan fingerprint density at radius 3 is 1.94 bits per heavy atom. The molecule has 6 rings (SSSR count). The maximum absolute atomic E-state index is 11.8. The summed E-state index contributed by atoms with van der Waals surface area (Å²) < 4.78 is 0. The van der Waals surface area contributed by atoms with E-state index >= 15 is 0 Å². The lowest BCUT2D eigenvalue weighted by atomic mass is 10.1. The summed E-state index contributed by atoms with van der Waals surface area (Å²) in [4.78, 5) is 23.5. The van der Waals surface area contributed by atoms with Gasteiger partial charge in [-0.05, 0) is 48.6 Å². The van der Waals surface area contributed by atoms with Gasteiger partial charge in [-0.1, -0.05) is 0 Å². The molecule has 0 aliphatic carbocycles. The van der Waals surface area contributed by atoms with Crippen molar-refractivity contribution in [1.29, 1.82) is 0 Å². The van der Waals surface area contributed by atoms with Crippen molar-refractivity contribution in [2.45, 2.75) is 0 Å². The van der Waals surface area contributed by atoms with Crippen LogP contribution in [0.3, 0.4) is 0 Å². The zero-order valence-electron chi connectivity index (χ0n) is 17.7. The van der Waals surface area contributed by atoms with E-state index in [1.807, 2.05) is 0 Å². The van der Waals surface area contributed by atoms with Gasteiger partial charge >= 0.3 is 0 Å². The monoisotopic (exact) mass is 471 g/mol. The Kier molecular flexibility index (Phi) is 4.11. The van der Waals surface area contributed by atoms with Crippen LogP contribution < -0.4 is 10.7 Å². The quantitative estimate of drug-likeness (QED) is 0.134. The Balaban J connectivity index is 1.86. The maximum Gasteiger partial charge on any atom is 0.294 e. The van der Waals surface area contributed by atoms with Crippen molar-refractivity contribution in [2.75, 3.05) is 0 Å². The molecule has 35 heavy (non-hydrogen) atoms. The lowest BCUT2D eigenvalue weighted by molar-refractivity contribution is -0.384. The summed E-state index contributed by atoms with van der Waals surface area (Å²) in [7, 11) is 0. The Bertz CT molecular complexity index is 1840. The summed E-state index contributed by atoms with van der Waals surface area (Å²) >= 11 is 0. The van der Waals surface area contributed by atoms with Crippen molar-refractivity contribution in [1.82, 2.24) is 19.9 Å². The summed E-state index contributed by atoms with van der Waals surface area (Å²) in [5.41, 5.74) is 1.80. The van der Waals surface area contributed by atoms with E-state index in [9.17, 15) is 30.5 Å². The smallest absolute Gasteiger partial charge is 0.294 e. The third-order valence-electron chi connectivity index (χ3n) is 5.98. The van der Waals surface area contributed by atoms with Gasteiger partial charge in [0.15, 0.2) is 11.5 Å². The van der Waals surface area contributed by atoms with Crippen LogP contribution in [0.15, 0.2) is 42.5 Å². The first kappa shape index (κ1) is 20.3. The number of nitrogens with zero attached hydrogens (tertiary/aromatic N) is 1. The van der Waals surface area contributed by atoms with Gasteiger partial charge in [0.25, 0.3) is 5.69 Å². The van der Waals surface area contributed by atoms with E-state index in [1.165, 1.54) is 6.07 Å². The molecule has 0 atom stereocenters. The van der Waals surface area contributed by atoms with Crippen LogP contribution in [0.2, 0.25) is 0 Å². The molecule has 0 radical (unpaired) electrons. The van der Waals surface area contributed by atoms with Gasteiger partial charge in [-0.2, -0.15) is 0 Å². The summed E-state index contributed by atoms with van der Waals surface area (Å²) in [5.74, 6) is -3.44. The predicted octanol–water partition coefficient (Wildman–Crippen LogP) is 2.75. The third-order valence-corrected chi connectivity index (χ3v) is 5.98. The minimum absolute atomic E-state index is 0.0446. The molecule has 11 nitrogen and oxygen atoms in total. The number of aromatic amines is 4. The number of fused-ring (bicyclic) bond motifs is 8. The van der Waals surface area contributed by atoms with Gasteiger partial charge < -0.3 is 40.4 Å². The summed E-state index contributed by atoms with van der Waals surface area (Å²) in [6.07, 6.45) is 3.35. The standard InChI is InChI=1S/C24H17N5O6/c30-21-19-13-4-3-11(26-13)7-10-1-2-12(25-10)8-16-18(29(34)35)9-17(28-16)20(15-6-5-14(19)27-15)22(31)24(33)23(21)32/h1-9,25-28,30-33H. The Morgan fingerprint density at radius 2 is 1.29 bits per heavy atom. The van der Waals surface area contributed by atoms with Crippen LogP contribution in [-0.2, 0) is 0 Å². The molecule has 0 aromatic carbocycles. The first-order valence-corrected chi connectivity index (χ1v) is 10.4. The van der Waals surface area contributed by atoms with Crippen LogP contribution in [-0.4, -0.2) is 45.3 Å². The number of hydrogen-bond donors (Lipinski definition) is 8. The Hall–Kier alpha value is -5.32. The second kappa shape index (κ2) is 7.09. The number of aromatic hydroxyl groups is 4. The van der Waals surface area contributed by atoms with Gasteiger partial charge in [0, 0.05) is 22.5 Å². The van der Waals surface area contributed by atoms with E-state index in [0.717, 1.165) is 0 Å². The van der Waals surface area contributed by atoms with Crippen molar-refractivity contribution in [3.05, 3.63) is 74.7 Å². The Morgan fingerprint density at radius 1 is 0.657 bits per heavy atom. The average molecular weight is 471 g/mol. The lowest BCUT2D eigenvalue weighted by Crippen LogP contribution is -2.09. The number of aromatic nitrogens is 4. The highest BCUT2D eigenvalue weighted by Gasteiger charge is 2.24. The van der Waals surface area contributed by atoms with Crippen LogP contribution in [0.25, 0.3) is 45.7 Å². The number of rotatable bonds is 1. The maximum atomic E-state index is 11.8. The SMILES string of the molecule is O=[N+]([O-])c1cc2[nH]c1C=c1ccc([nH]1)=Cc1ccc([nH]1)-c1c(O)c(O)c(O)c(O)c-2c2ccc1[nH]2. The second-order valence-corrected chi connectivity index (χ2v) is 8.15. The van der Waals surface area contributed by atoms with Crippen LogP contribution in [0, 0.1) is 10.1 Å². The molecule has 0 saturated carbocycles. The zero-order chi connectivity index (χ0) is 24.4. The van der Waals surface area contributed by atoms with E-state index in [-0.39, 0.29) is 33.7 Å². The zero-order valence-corrected chi connectivity index (χ0v) is 17.7. The molecule has 6 heterocycles. The van der Waals surface area contributed by atoms with Crippen molar-refractivity contribution in [3.63, 3.8) is 0 Å². The lowest BCUT2D eigenvalue weighted by Gasteiger charge is -2.05. The first-order valence-electron chi connectivity index (χ1n) is 10.4. The van der Waals surface area contributed by atoms with Crippen molar-refractivity contribution >= 4 is 28.9 Å². The third kappa shape index (κ3) is 3.06. The molecule has 8 N–H and O–H groups in total. The van der Waals surface area contributed by atoms with E-state index in [2.05, 4.69) is 19.9 Å². The van der Waals surface area contributed by atoms with Crippen LogP contribution >= 0.6 is 0 Å². The Labute approximate surface area is 194 Å². The number of H-pyrrole nitrogens is 4. The van der Waals surface area contributed by atoms with Crippen molar-refractivity contribution < 1.29 is 25.3 Å². The number of nitro groups is 1. The highest BCUT2D eigenvalue weighted by Crippen LogP contribution is 2.49. The topological polar surface area (TPSA) is 187 Å². The fraction of sp³-hybridized carbons (Fsp3) is 0. The first-order chi connectivity index (χ1) is 16.8. The highest BCUT2D eigenvalue weighted by molar-refractivity contribution is 5.94. The number of nitrogens with one attached hydrogen (secondary N) is 4. The fourth-order valence-corrected chi connectivity index (χ4v) is 4.37. The fourth-order valence-electron chi connectivity index (χ4n) is 4.37. The number of hydrogen-bond acceptors (Lipinski definition) is 6. The van der Waals surface area contributed by atoms with Crippen LogP contribution in [0.4, 0.5) is 5.69 Å². The molecule has 174 valence electrons. The largest absolute Gasteiger partial charge is 0.504 e. The molecule has 10 bridgehead atoms. The second-order valence-electron chi connectivity index (χ2n) is 8.15. The van der Waals surface area contributed by atoms with Gasteiger partial charge in [-0.3, -0.25) is 10.1 Å². The van der Waals surface area contributed by atoms with Gasteiger partial charge in [-0.25, -0.2) is 0 Å². The molecule has 1 aliphatic rings. The minimum Gasteiger partial charge on any atom is -0.504 e. The van der Waals surface area contributed by atoms with E-state index in [1.54, 1.807) is 48.6 Å². The summed E-state index contributed by atoms with van der Waals surface area (Å²) in [5, 5.41) is 56.3. The molecule has 0 unspecified atom stereocenters. The predicted molar refractivity (Wildman–Crippen MR) is 127 cm³/mol.